The summed E-state index contributed by atoms with van der Waals surface area (Å²) in [6.45, 7) is 0. The maximum Gasteiger partial charge on any atom is 0.372 e. The van der Waals surface area contributed by atoms with Crippen molar-refractivity contribution in [1.29, 1.82) is 0 Å². The molecule has 0 rings (SSSR count). The first-order chi connectivity index (χ1) is 2.00. The highest BCUT2D eigenvalue weighted by Crippen LogP contribution is 2.24. The van der Waals surface area contributed by atoms with Gasteiger partial charge in [-0.3, -0.25) is 4.57 Å². The molecule has 0 aromatic heterocycles. The molecule has 5 heteroatoms. The van der Waals surface area contributed by atoms with Gasteiger partial charge in [0.2, 0.25) is 0 Å². The zero-order valence-electron chi connectivity index (χ0n) is 2.39. The van der Waals surface area contributed by atoms with E-state index in [-0.39, 0.29) is 0 Å². The minimum atomic E-state index is -4.14. The monoisotopic (exact) mass is 98.0 g/mol. The molecule has 0 atom stereocenters. The summed E-state index contributed by atoms with van der Waals surface area (Å²) < 4.78 is 19.9. The molecule has 32 valence electrons. The van der Waals surface area contributed by atoms with E-state index >= 15 is 0 Å². The first kappa shape index (κ1) is 5.08. The van der Waals surface area contributed by atoms with Crippen LogP contribution in [0.25, 0.3) is 0 Å². The number of hydrogen-bond donors (Lipinski definition) is 2. The molecule has 0 aromatic rings. The van der Waals surface area contributed by atoms with E-state index in [1.54, 1.807) is 0 Å². The van der Waals surface area contributed by atoms with Gasteiger partial charge in [-0.25, -0.2) is 11.0 Å². The Hall–Kier alpha value is 0.0800. The summed E-state index contributed by atoms with van der Waals surface area (Å²) in [6.07, 6.45) is 0. The second-order valence-electron chi connectivity index (χ2n) is 0.624. The molecule has 3 nitrogen and oxygen atoms in total. The van der Waals surface area contributed by atoms with Gasteiger partial charge in [0.1, 0.15) is 0 Å². The summed E-state index contributed by atoms with van der Waals surface area (Å²) in [5.74, 6) is 0. The third-order valence-corrected chi connectivity index (χ3v) is 0. The Morgan fingerprint density at radius 3 is 1.60 bits per heavy atom. The van der Waals surface area contributed by atoms with Crippen LogP contribution in [0, 0.1) is 0 Å². The van der Waals surface area contributed by atoms with Crippen molar-refractivity contribution >= 4 is 7.75 Å². The van der Waals surface area contributed by atoms with E-state index in [9.17, 15) is 4.20 Å². The molecule has 0 aromatic carbocycles. The van der Waals surface area contributed by atoms with Crippen LogP contribution in [0.15, 0.2) is 0 Å². The van der Waals surface area contributed by atoms with Gasteiger partial charge in [0.15, 0.2) is 0 Å². The standard InChI is InChI=1S/FH4N2OP/c1-5(2,3)4/h(H4,2,3,4). The Labute approximate surface area is 28.7 Å². The molecule has 0 heterocycles. The fraction of sp³-hybridized carbons (Fsp3) is 0. The highest BCUT2D eigenvalue weighted by Gasteiger charge is 1.97. The second-order valence-corrected chi connectivity index (χ2v) is 1.87. The van der Waals surface area contributed by atoms with Crippen LogP contribution in [0.5, 0.6) is 0 Å². The zero-order valence-corrected chi connectivity index (χ0v) is 3.28. The molecule has 0 unspecified atom stereocenters. The SMILES string of the molecule is NP(N)(=O)F. The highest BCUT2D eigenvalue weighted by atomic mass is 31.2. The summed E-state index contributed by atoms with van der Waals surface area (Å²) in [5.41, 5.74) is 8.04. The minimum Gasteiger partial charge on any atom is -0.251 e. The first-order valence-corrected chi connectivity index (χ1v) is 2.60. The Kier molecular flexibility index (Phi) is 1.06. The van der Waals surface area contributed by atoms with Gasteiger partial charge in [0, 0.05) is 0 Å². The summed E-state index contributed by atoms with van der Waals surface area (Å²) in [4.78, 5) is 0. The second kappa shape index (κ2) is 1.05. The Morgan fingerprint density at radius 1 is 1.60 bits per heavy atom. The van der Waals surface area contributed by atoms with Gasteiger partial charge >= 0.3 is 7.75 Å². The molecule has 0 aliphatic carbocycles. The lowest BCUT2D eigenvalue weighted by Gasteiger charge is -1.82. The molecule has 0 fully saturated rings. The first-order valence-electron chi connectivity index (χ1n) is 0.868. The number of rotatable bonds is 0. The van der Waals surface area contributed by atoms with E-state index in [1.807, 2.05) is 0 Å². The minimum absolute atomic E-state index is 4.02. The van der Waals surface area contributed by atoms with Crippen LogP contribution in [0.1, 0.15) is 0 Å². The van der Waals surface area contributed by atoms with Gasteiger partial charge in [-0.1, -0.05) is 0 Å². The average molecular weight is 98.0 g/mol. The highest BCUT2D eigenvalue weighted by molar-refractivity contribution is 7.53. The Bertz CT molecular complexity index is 55.8. The van der Waals surface area contributed by atoms with E-state index in [0.29, 0.717) is 0 Å². The van der Waals surface area contributed by atoms with Crippen LogP contribution in [0.4, 0.5) is 4.20 Å². The fourth-order valence-electron chi connectivity index (χ4n) is 0. The lowest BCUT2D eigenvalue weighted by molar-refractivity contribution is 0.543. The number of halogens is 1. The van der Waals surface area contributed by atoms with Crippen LogP contribution in [0.3, 0.4) is 0 Å². The lowest BCUT2D eigenvalue weighted by Crippen LogP contribution is -1.96. The summed E-state index contributed by atoms with van der Waals surface area (Å²) in [5, 5.41) is 0. The van der Waals surface area contributed by atoms with Gasteiger partial charge < -0.3 is 0 Å². The smallest absolute Gasteiger partial charge is 0.251 e. The molecule has 0 radical (unpaired) electrons. The molecule has 0 amide bonds. The third-order valence-electron chi connectivity index (χ3n) is 0. The van der Waals surface area contributed by atoms with Gasteiger partial charge in [0.25, 0.3) is 0 Å². The summed E-state index contributed by atoms with van der Waals surface area (Å²) >= 11 is 0. The molecule has 5 heavy (non-hydrogen) atoms. The molecular weight excluding hydrogens is 94.0 g/mol. The van der Waals surface area contributed by atoms with Gasteiger partial charge in [-0.2, -0.15) is 4.20 Å². The largest absolute Gasteiger partial charge is 0.372 e. The molecule has 0 aliphatic heterocycles. The predicted octanol–water partition coefficient (Wildman–Crippen LogP) is -0.0186. The molecule has 0 spiro atoms. The van der Waals surface area contributed by atoms with Gasteiger partial charge in [-0.05, 0) is 0 Å². The topological polar surface area (TPSA) is 69.1 Å². The predicted molar refractivity (Wildman–Crippen MR) is 17.1 cm³/mol. The lowest BCUT2D eigenvalue weighted by atomic mass is 13.9. The number of nitrogens with two attached hydrogens (primary N) is 2. The molecular formula is H4FN2OP. The van der Waals surface area contributed by atoms with Crippen molar-refractivity contribution in [2.75, 3.05) is 0 Å². The van der Waals surface area contributed by atoms with Gasteiger partial charge in [0.05, 0.1) is 0 Å². The third kappa shape index (κ3) is 2760. The van der Waals surface area contributed by atoms with Crippen LogP contribution in [-0.4, -0.2) is 0 Å². The molecule has 0 saturated carbocycles. The van der Waals surface area contributed by atoms with E-state index in [1.165, 1.54) is 0 Å². The Balaban J connectivity index is 3.47. The molecule has 0 saturated heterocycles. The van der Waals surface area contributed by atoms with Crippen molar-refractivity contribution in [3.05, 3.63) is 0 Å². The van der Waals surface area contributed by atoms with Crippen molar-refractivity contribution in [3.63, 3.8) is 0 Å². The van der Waals surface area contributed by atoms with Crippen molar-refractivity contribution in [3.8, 4) is 0 Å². The Morgan fingerprint density at radius 2 is 1.60 bits per heavy atom. The maximum atomic E-state index is 10.8. The van der Waals surface area contributed by atoms with E-state index in [4.69, 9.17) is 4.57 Å². The van der Waals surface area contributed by atoms with Crippen molar-refractivity contribution in [1.82, 2.24) is 0 Å². The molecule has 4 N–H and O–H groups in total. The summed E-state index contributed by atoms with van der Waals surface area (Å²) in [6, 6.07) is 0. The van der Waals surface area contributed by atoms with Crippen LogP contribution >= 0.6 is 7.75 Å². The number of hydrogen-bond acceptors (Lipinski definition) is 1. The van der Waals surface area contributed by atoms with Crippen molar-refractivity contribution < 1.29 is 8.76 Å². The van der Waals surface area contributed by atoms with E-state index in [0.717, 1.165) is 0 Å². The molecule has 0 bridgehead atoms. The van der Waals surface area contributed by atoms with Gasteiger partial charge in [-0.15, -0.1) is 0 Å². The normalized spacial score (nSPS) is 11.8. The van der Waals surface area contributed by atoms with Crippen LogP contribution in [-0.2, 0) is 4.57 Å². The van der Waals surface area contributed by atoms with E-state index < -0.39 is 7.75 Å². The zero-order chi connectivity index (χ0) is 4.50. The fourth-order valence-corrected chi connectivity index (χ4v) is 0. The van der Waals surface area contributed by atoms with Crippen LogP contribution < -0.4 is 11.0 Å². The average Bonchev–Trinajstić information content (AvgIpc) is 0.722. The van der Waals surface area contributed by atoms with Crippen molar-refractivity contribution in [2.24, 2.45) is 11.0 Å². The quantitative estimate of drug-likeness (QED) is 0.418. The summed E-state index contributed by atoms with van der Waals surface area (Å²) in [7, 11) is -4.14. The van der Waals surface area contributed by atoms with Crippen molar-refractivity contribution in [2.45, 2.75) is 0 Å². The maximum absolute atomic E-state index is 10.8. The van der Waals surface area contributed by atoms with Crippen LogP contribution in [0.2, 0.25) is 0 Å². The molecule has 0 aliphatic rings. The van der Waals surface area contributed by atoms with E-state index in [2.05, 4.69) is 11.0 Å².